The minimum absolute atomic E-state index is 0.537. The number of hydrogen-bond donors (Lipinski definition) is 3. The zero-order chi connectivity index (χ0) is 15.8. The normalized spacial score (nSPS) is 13.3. The number of nitrogens with zero attached hydrogens (tertiary/aromatic N) is 1. The summed E-state index contributed by atoms with van der Waals surface area (Å²) in [6, 6.07) is 7.44. The molecule has 2 aromatic rings. The molecule has 0 aliphatic heterocycles. The second-order valence-corrected chi connectivity index (χ2v) is 5.08. The van der Waals surface area contributed by atoms with Crippen molar-refractivity contribution in [3.05, 3.63) is 42.1 Å². The lowest BCUT2D eigenvalue weighted by Crippen LogP contribution is -2.20. The maximum absolute atomic E-state index is 11.1. The average molecular weight is 299 g/mol. The maximum Gasteiger partial charge on any atom is 0.328 e. The number of rotatable bonds is 8. The first-order valence-corrected chi connectivity index (χ1v) is 7.35. The molecular weight excluding hydrogens is 278 g/mol. The van der Waals surface area contributed by atoms with Crippen LogP contribution in [0.4, 0.5) is 0 Å². The predicted octanol–water partition coefficient (Wildman–Crippen LogP) is 2.70. The smallest absolute Gasteiger partial charge is 0.328 e. The number of aromatic nitrogens is 1. The minimum Gasteiger partial charge on any atom is -0.480 e. The third-order valence-corrected chi connectivity index (χ3v) is 3.41. The molecule has 0 amide bonds. The molecule has 116 valence electrons. The van der Waals surface area contributed by atoms with Crippen molar-refractivity contribution in [1.29, 1.82) is 0 Å². The molecule has 5 nitrogen and oxygen atoms in total. The highest BCUT2D eigenvalue weighted by atomic mass is 16.4. The van der Waals surface area contributed by atoms with E-state index < -0.39 is 12.0 Å². The Hall–Kier alpha value is -2.40. The largest absolute Gasteiger partial charge is 0.480 e. The highest BCUT2D eigenvalue weighted by Crippen LogP contribution is 2.14. The van der Waals surface area contributed by atoms with Crippen LogP contribution in [0, 0.1) is 0 Å². The van der Waals surface area contributed by atoms with Gasteiger partial charge in [0.25, 0.3) is 0 Å². The van der Waals surface area contributed by atoms with Gasteiger partial charge in [-0.15, -0.1) is 0 Å². The molecule has 1 aromatic carbocycles. The zero-order valence-corrected chi connectivity index (χ0v) is 12.6. The van der Waals surface area contributed by atoms with Gasteiger partial charge in [0.15, 0.2) is 0 Å². The van der Waals surface area contributed by atoms with E-state index in [1.54, 1.807) is 12.3 Å². The maximum atomic E-state index is 11.1. The van der Waals surface area contributed by atoms with Crippen molar-refractivity contribution in [2.24, 2.45) is 4.99 Å². The number of allylic oxidation sites excluding steroid dienone is 1. The quantitative estimate of drug-likeness (QED) is 0.518. The van der Waals surface area contributed by atoms with Crippen LogP contribution in [0.25, 0.3) is 17.0 Å². The van der Waals surface area contributed by atoms with E-state index in [0.717, 1.165) is 24.0 Å². The Bertz CT molecular complexity index is 673. The van der Waals surface area contributed by atoms with E-state index in [9.17, 15) is 4.79 Å². The van der Waals surface area contributed by atoms with E-state index in [0.29, 0.717) is 6.42 Å². The van der Waals surface area contributed by atoms with Gasteiger partial charge < -0.3 is 15.4 Å². The van der Waals surface area contributed by atoms with Gasteiger partial charge in [-0.05, 0) is 55.6 Å². The molecule has 1 aromatic heterocycles. The third-order valence-electron chi connectivity index (χ3n) is 3.41. The number of H-pyrrole nitrogens is 1. The first-order chi connectivity index (χ1) is 10.7. The number of carbonyl (C=O) groups is 1. The van der Waals surface area contributed by atoms with Crippen LogP contribution in [-0.2, 0) is 4.79 Å². The number of hydrogen-bond acceptors (Lipinski definition) is 3. The van der Waals surface area contributed by atoms with Crippen LogP contribution < -0.4 is 5.32 Å². The summed E-state index contributed by atoms with van der Waals surface area (Å²) in [5.41, 5.74) is 2.12. The van der Waals surface area contributed by atoms with E-state index in [2.05, 4.69) is 15.3 Å². The van der Waals surface area contributed by atoms with Gasteiger partial charge in [0, 0.05) is 17.9 Å². The van der Waals surface area contributed by atoms with E-state index in [1.165, 1.54) is 5.39 Å². The Morgan fingerprint density at radius 1 is 1.45 bits per heavy atom. The molecule has 0 aliphatic carbocycles. The number of carboxylic acid groups (broad SMARTS) is 1. The molecule has 2 rings (SSSR count). The lowest BCUT2D eigenvalue weighted by molar-refractivity contribution is -0.138. The molecule has 22 heavy (non-hydrogen) atoms. The highest BCUT2D eigenvalue weighted by Gasteiger charge is 2.13. The number of nitrogens with one attached hydrogen (secondary N) is 2. The first kappa shape index (κ1) is 16.0. The van der Waals surface area contributed by atoms with Crippen LogP contribution in [0.1, 0.15) is 18.4 Å². The van der Waals surface area contributed by atoms with Crippen LogP contribution in [-0.4, -0.2) is 41.9 Å². The summed E-state index contributed by atoms with van der Waals surface area (Å²) >= 11 is 0. The van der Waals surface area contributed by atoms with E-state index in [4.69, 9.17) is 5.11 Å². The van der Waals surface area contributed by atoms with Crippen LogP contribution in [0.2, 0.25) is 0 Å². The van der Waals surface area contributed by atoms with Gasteiger partial charge in [-0.1, -0.05) is 18.2 Å². The van der Waals surface area contributed by atoms with Gasteiger partial charge in [0.2, 0.25) is 0 Å². The second kappa shape index (κ2) is 8.14. The fourth-order valence-corrected chi connectivity index (χ4v) is 2.21. The van der Waals surface area contributed by atoms with Crippen molar-refractivity contribution in [3.8, 4) is 0 Å². The molecular formula is C17H21N3O2. The van der Waals surface area contributed by atoms with Crippen LogP contribution in [0.3, 0.4) is 0 Å². The number of fused-ring (bicyclic) bond motifs is 1. The SMILES string of the molecule is CNCCC[C@H](N=C/C=C/c1ccc2cc[nH]c2c1)C(=O)O. The minimum atomic E-state index is -0.881. The molecule has 0 unspecified atom stereocenters. The summed E-state index contributed by atoms with van der Waals surface area (Å²) < 4.78 is 0. The molecule has 0 bridgehead atoms. The Labute approximate surface area is 129 Å². The molecule has 1 atom stereocenters. The lowest BCUT2D eigenvalue weighted by Gasteiger charge is -2.05. The Morgan fingerprint density at radius 2 is 2.32 bits per heavy atom. The van der Waals surface area contributed by atoms with Crippen LogP contribution in [0.15, 0.2) is 41.5 Å². The van der Waals surface area contributed by atoms with Gasteiger partial charge in [-0.2, -0.15) is 0 Å². The van der Waals surface area contributed by atoms with Gasteiger partial charge in [-0.25, -0.2) is 4.79 Å². The van der Waals surface area contributed by atoms with Gasteiger partial charge >= 0.3 is 5.97 Å². The summed E-state index contributed by atoms with van der Waals surface area (Å²) in [6.45, 7) is 0.797. The van der Waals surface area contributed by atoms with Crippen LogP contribution in [0.5, 0.6) is 0 Å². The second-order valence-electron chi connectivity index (χ2n) is 5.08. The standard InChI is InChI=1S/C17H21N3O2/c1-18-9-3-5-15(17(21)22)19-10-2-4-13-6-7-14-8-11-20-16(14)12-13/h2,4,6-8,10-12,15,18,20H,3,5,9H2,1H3,(H,21,22)/b4-2+,19-10?/t15-/m0/s1. The molecule has 0 saturated heterocycles. The Kier molecular flexibility index (Phi) is 5.91. The van der Waals surface area contributed by atoms with E-state index >= 15 is 0 Å². The summed E-state index contributed by atoms with van der Waals surface area (Å²) in [5, 5.41) is 13.3. The van der Waals surface area contributed by atoms with Gasteiger partial charge in [0.1, 0.15) is 6.04 Å². The summed E-state index contributed by atoms with van der Waals surface area (Å²) in [6.07, 6.45) is 8.49. The van der Waals surface area contributed by atoms with E-state index in [1.807, 2.05) is 43.6 Å². The van der Waals surface area contributed by atoms with E-state index in [-0.39, 0.29) is 0 Å². The molecule has 3 N–H and O–H groups in total. The highest BCUT2D eigenvalue weighted by molar-refractivity contribution is 5.85. The van der Waals surface area contributed by atoms with Crippen molar-refractivity contribution >= 4 is 29.2 Å². The van der Waals surface area contributed by atoms with Crippen molar-refractivity contribution in [2.75, 3.05) is 13.6 Å². The average Bonchev–Trinajstić information content (AvgIpc) is 2.97. The molecule has 0 fully saturated rings. The van der Waals surface area contributed by atoms with Crippen molar-refractivity contribution < 1.29 is 9.90 Å². The molecule has 0 saturated carbocycles. The lowest BCUT2D eigenvalue weighted by atomic mass is 10.1. The molecule has 5 heteroatoms. The fourth-order valence-electron chi connectivity index (χ4n) is 2.21. The molecule has 0 radical (unpaired) electrons. The number of aliphatic carboxylic acids is 1. The topological polar surface area (TPSA) is 77.5 Å². The Morgan fingerprint density at radius 3 is 3.09 bits per heavy atom. The number of carboxylic acids is 1. The van der Waals surface area contributed by atoms with Crippen molar-refractivity contribution in [2.45, 2.75) is 18.9 Å². The predicted molar refractivity (Wildman–Crippen MR) is 90.4 cm³/mol. The molecule has 1 heterocycles. The monoisotopic (exact) mass is 299 g/mol. The molecule has 0 aliphatic rings. The summed E-state index contributed by atoms with van der Waals surface area (Å²) in [4.78, 5) is 18.4. The first-order valence-electron chi connectivity index (χ1n) is 7.35. The fraction of sp³-hybridized carbons (Fsp3) is 0.294. The van der Waals surface area contributed by atoms with Gasteiger partial charge in [0.05, 0.1) is 0 Å². The summed E-state index contributed by atoms with van der Waals surface area (Å²) in [5.74, 6) is -0.881. The third kappa shape index (κ3) is 4.56. The molecule has 0 spiro atoms. The van der Waals surface area contributed by atoms with Crippen molar-refractivity contribution in [3.63, 3.8) is 0 Å². The summed E-state index contributed by atoms with van der Waals surface area (Å²) in [7, 11) is 1.85. The van der Waals surface area contributed by atoms with Crippen LogP contribution >= 0.6 is 0 Å². The van der Waals surface area contributed by atoms with Gasteiger partial charge in [-0.3, -0.25) is 4.99 Å². The number of aromatic amines is 1. The van der Waals surface area contributed by atoms with Crippen molar-refractivity contribution in [1.82, 2.24) is 10.3 Å². The number of aliphatic imine (C=N–C) groups is 1. The number of benzene rings is 1. The Balaban J connectivity index is 1.94. The zero-order valence-electron chi connectivity index (χ0n) is 12.6.